The number of aryl methyl sites for hydroxylation is 1. The molecular weight excluding hydrogens is 342 g/mol. The minimum Gasteiger partial charge on any atom is -0.422 e. The molecule has 2 N–H and O–H groups in total. The van der Waals surface area contributed by atoms with Gasteiger partial charge < -0.3 is 9.73 Å². The van der Waals surface area contributed by atoms with Crippen molar-refractivity contribution in [3.63, 3.8) is 0 Å². The first-order chi connectivity index (χ1) is 13.1. The van der Waals surface area contributed by atoms with Crippen molar-refractivity contribution in [2.24, 2.45) is 0 Å². The third-order valence-electron chi connectivity index (χ3n) is 4.98. The SMILES string of the molecule is Cc1[nH]nc2c1C(C(=O)c1ccccc1)c1c(c3ccccc3oc1=O)N2. The van der Waals surface area contributed by atoms with Gasteiger partial charge in [0.25, 0.3) is 0 Å². The fraction of sp³-hybridized carbons (Fsp3) is 0.0952. The molecule has 5 rings (SSSR count). The summed E-state index contributed by atoms with van der Waals surface area (Å²) in [6.45, 7) is 1.84. The number of hydrogen-bond donors (Lipinski definition) is 2. The predicted molar refractivity (Wildman–Crippen MR) is 102 cm³/mol. The van der Waals surface area contributed by atoms with E-state index in [1.807, 2.05) is 25.1 Å². The molecule has 0 bridgehead atoms. The zero-order valence-electron chi connectivity index (χ0n) is 14.4. The highest BCUT2D eigenvalue weighted by Crippen LogP contribution is 2.44. The van der Waals surface area contributed by atoms with E-state index in [-0.39, 0.29) is 5.78 Å². The van der Waals surface area contributed by atoms with Crippen LogP contribution in [0.2, 0.25) is 0 Å². The van der Waals surface area contributed by atoms with Crippen LogP contribution >= 0.6 is 0 Å². The molecule has 6 nitrogen and oxygen atoms in total. The second-order valence-corrected chi connectivity index (χ2v) is 6.57. The lowest BCUT2D eigenvalue weighted by Crippen LogP contribution is -2.27. The molecule has 6 heteroatoms. The monoisotopic (exact) mass is 357 g/mol. The first-order valence-electron chi connectivity index (χ1n) is 8.62. The molecule has 0 fully saturated rings. The van der Waals surface area contributed by atoms with Crippen LogP contribution in [-0.4, -0.2) is 16.0 Å². The quantitative estimate of drug-likeness (QED) is 0.420. The van der Waals surface area contributed by atoms with Crippen molar-refractivity contribution in [2.45, 2.75) is 12.8 Å². The van der Waals surface area contributed by atoms with Crippen LogP contribution in [-0.2, 0) is 0 Å². The van der Waals surface area contributed by atoms with Gasteiger partial charge in [-0.1, -0.05) is 42.5 Å². The van der Waals surface area contributed by atoms with Gasteiger partial charge in [-0.05, 0) is 19.1 Å². The summed E-state index contributed by atoms with van der Waals surface area (Å²) < 4.78 is 5.53. The molecule has 1 atom stereocenters. The Balaban J connectivity index is 1.84. The molecule has 2 aromatic carbocycles. The number of nitrogens with zero attached hydrogens (tertiary/aromatic N) is 1. The molecule has 0 radical (unpaired) electrons. The van der Waals surface area contributed by atoms with E-state index in [0.29, 0.717) is 33.8 Å². The summed E-state index contributed by atoms with van der Waals surface area (Å²) >= 11 is 0. The summed E-state index contributed by atoms with van der Waals surface area (Å²) in [4.78, 5) is 26.3. The first kappa shape index (κ1) is 15.6. The van der Waals surface area contributed by atoms with Crippen molar-refractivity contribution in [1.82, 2.24) is 10.2 Å². The normalized spacial score (nSPS) is 15.1. The zero-order valence-corrected chi connectivity index (χ0v) is 14.4. The molecular formula is C21H15N3O3. The summed E-state index contributed by atoms with van der Waals surface area (Å²) in [6, 6.07) is 16.2. The maximum atomic E-state index is 13.4. The number of hydrogen-bond acceptors (Lipinski definition) is 5. The van der Waals surface area contributed by atoms with E-state index in [9.17, 15) is 9.59 Å². The molecule has 27 heavy (non-hydrogen) atoms. The van der Waals surface area contributed by atoms with Gasteiger partial charge in [0.2, 0.25) is 0 Å². The molecule has 0 aliphatic carbocycles. The molecule has 1 unspecified atom stereocenters. The van der Waals surface area contributed by atoms with Gasteiger partial charge in [-0.2, -0.15) is 5.10 Å². The van der Waals surface area contributed by atoms with Crippen LogP contribution < -0.4 is 10.9 Å². The standard InChI is InChI=1S/C21H15N3O3/c1-11-15-16(19(25)12-7-3-2-4-8-12)17-18(22-20(15)24-23-11)13-9-5-6-10-14(13)27-21(17)26/h2-10,16H,1H3,(H2,22,23,24). The number of aromatic amines is 1. The maximum absolute atomic E-state index is 13.4. The van der Waals surface area contributed by atoms with Gasteiger partial charge in [0, 0.05) is 22.2 Å². The Hall–Kier alpha value is -3.67. The topological polar surface area (TPSA) is 88.0 Å². The fourth-order valence-corrected chi connectivity index (χ4v) is 3.74. The minimum atomic E-state index is -0.779. The van der Waals surface area contributed by atoms with Crippen molar-refractivity contribution < 1.29 is 9.21 Å². The third-order valence-corrected chi connectivity index (χ3v) is 4.98. The van der Waals surface area contributed by atoms with Gasteiger partial charge in [-0.3, -0.25) is 9.89 Å². The third kappa shape index (κ3) is 2.23. The number of carbonyl (C=O) groups is 1. The smallest absolute Gasteiger partial charge is 0.342 e. The lowest BCUT2D eigenvalue weighted by molar-refractivity contribution is 0.0972. The number of ketones is 1. The number of anilines is 2. The molecule has 1 aliphatic rings. The van der Waals surface area contributed by atoms with E-state index in [1.165, 1.54) is 0 Å². The van der Waals surface area contributed by atoms with Crippen LogP contribution in [0.25, 0.3) is 11.0 Å². The Morgan fingerprint density at radius 1 is 1.04 bits per heavy atom. The van der Waals surface area contributed by atoms with Gasteiger partial charge in [0.05, 0.1) is 17.2 Å². The van der Waals surface area contributed by atoms with Gasteiger partial charge in [0.1, 0.15) is 5.58 Å². The van der Waals surface area contributed by atoms with E-state index in [4.69, 9.17) is 4.42 Å². The van der Waals surface area contributed by atoms with Crippen LogP contribution in [0.1, 0.15) is 33.1 Å². The summed E-state index contributed by atoms with van der Waals surface area (Å²) in [7, 11) is 0. The average molecular weight is 357 g/mol. The number of fused-ring (bicyclic) bond motifs is 4. The molecule has 0 amide bonds. The van der Waals surface area contributed by atoms with E-state index < -0.39 is 11.5 Å². The van der Waals surface area contributed by atoms with E-state index in [2.05, 4.69) is 15.5 Å². The average Bonchev–Trinajstić information content (AvgIpc) is 3.07. The number of H-pyrrole nitrogens is 1. The van der Waals surface area contributed by atoms with Crippen LogP contribution in [0.3, 0.4) is 0 Å². The Labute approximate surface area is 153 Å². The van der Waals surface area contributed by atoms with Gasteiger partial charge >= 0.3 is 5.63 Å². The van der Waals surface area contributed by atoms with E-state index in [1.54, 1.807) is 36.4 Å². The van der Waals surface area contributed by atoms with Gasteiger partial charge in [-0.25, -0.2) is 4.79 Å². The van der Waals surface area contributed by atoms with Crippen molar-refractivity contribution in [3.8, 4) is 0 Å². The highest BCUT2D eigenvalue weighted by Gasteiger charge is 2.38. The number of para-hydroxylation sites is 1. The largest absolute Gasteiger partial charge is 0.422 e. The summed E-state index contributed by atoms with van der Waals surface area (Å²) in [5.41, 5.74) is 2.81. The molecule has 132 valence electrons. The van der Waals surface area contributed by atoms with Crippen molar-refractivity contribution >= 4 is 28.3 Å². The van der Waals surface area contributed by atoms with Gasteiger partial charge in [0.15, 0.2) is 11.6 Å². The molecule has 0 saturated carbocycles. The van der Waals surface area contributed by atoms with Crippen molar-refractivity contribution in [2.75, 3.05) is 5.32 Å². The van der Waals surface area contributed by atoms with Crippen LogP contribution in [0, 0.1) is 6.92 Å². The van der Waals surface area contributed by atoms with Crippen molar-refractivity contribution in [3.05, 3.63) is 87.4 Å². The predicted octanol–water partition coefficient (Wildman–Crippen LogP) is 3.90. The van der Waals surface area contributed by atoms with E-state index in [0.717, 1.165) is 11.1 Å². The molecule has 0 spiro atoms. The summed E-state index contributed by atoms with van der Waals surface area (Å²) in [5, 5.41) is 11.2. The van der Waals surface area contributed by atoms with Crippen LogP contribution in [0.5, 0.6) is 0 Å². The van der Waals surface area contributed by atoms with Gasteiger partial charge in [-0.15, -0.1) is 0 Å². The minimum absolute atomic E-state index is 0.160. The molecule has 0 saturated heterocycles. The zero-order chi connectivity index (χ0) is 18.5. The van der Waals surface area contributed by atoms with Crippen LogP contribution in [0.15, 0.2) is 63.8 Å². The lowest BCUT2D eigenvalue weighted by Gasteiger charge is -2.25. The first-order valence-corrected chi connectivity index (χ1v) is 8.62. The molecule has 2 aromatic heterocycles. The number of aromatic nitrogens is 2. The Morgan fingerprint density at radius 3 is 2.59 bits per heavy atom. The lowest BCUT2D eigenvalue weighted by atomic mass is 9.82. The second kappa shape index (κ2) is 5.67. The van der Waals surface area contributed by atoms with E-state index >= 15 is 0 Å². The Morgan fingerprint density at radius 2 is 1.78 bits per heavy atom. The number of nitrogens with one attached hydrogen (secondary N) is 2. The van der Waals surface area contributed by atoms with Crippen LogP contribution in [0.4, 0.5) is 11.5 Å². The second-order valence-electron chi connectivity index (χ2n) is 6.57. The molecule has 4 aromatic rings. The summed E-state index contributed by atoms with van der Waals surface area (Å²) in [6.07, 6.45) is 0. The number of benzene rings is 2. The number of carbonyl (C=O) groups excluding carboxylic acids is 1. The molecule has 1 aliphatic heterocycles. The van der Waals surface area contributed by atoms with Crippen molar-refractivity contribution in [1.29, 1.82) is 0 Å². The number of rotatable bonds is 2. The number of Topliss-reactive ketones (excluding diaryl/α,β-unsaturated/α-hetero) is 1. The highest BCUT2D eigenvalue weighted by molar-refractivity contribution is 6.08. The maximum Gasteiger partial charge on any atom is 0.342 e. The summed E-state index contributed by atoms with van der Waals surface area (Å²) in [5.74, 6) is -0.380. The fourth-order valence-electron chi connectivity index (χ4n) is 3.74. The highest BCUT2D eigenvalue weighted by atomic mass is 16.4. The Kier molecular flexibility index (Phi) is 3.27. The Bertz CT molecular complexity index is 1250. The molecule has 3 heterocycles.